The molecule has 1 atom stereocenters. The van der Waals surface area contributed by atoms with Crippen LogP contribution in [-0.4, -0.2) is 61.9 Å². The van der Waals surface area contributed by atoms with E-state index in [9.17, 15) is 9.90 Å². The van der Waals surface area contributed by atoms with Crippen molar-refractivity contribution in [1.82, 2.24) is 9.88 Å². The third kappa shape index (κ3) is 3.62. The van der Waals surface area contributed by atoms with Crippen molar-refractivity contribution < 1.29 is 24.1 Å². The van der Waals surface area contributed by atoms with Crippen molar-refractivity contribution in [2.75, 3.05) is 41.0 Å². The van der Waals surface area contributed by atoms with E-state index in [1.165, 1.54) is 21.3 Å². The normalized spacial score (nSPS) is 18.8. The van der Waals surface area contributed by atoms with Crippen molar-refractivity contribution >= 4 is 5.91 Å². The molecule has 1 N–H and O–H groups in total. The fourth-order valence-corrected chi connectivity index (χ4v) is 3.86. The van der Waals surface area contributed by atoms with Crippen LogP contribution in [-0.2, 0) is 5.41 Å². The van der Waals surface area contributed by atoms with Gasteiger partial charge in [0.25, 0.3) is 5.91 Å². The summed E-state index contributed by atoms with van der Waals surface area (Å²) < 4.78 is 16.1. The third-order valence-electron chi connectivity index (χ3n) is 5.35. The molecule has 150 valence electrons. The van der Waals surface area contributed by atoms with Gasteiger partial charge in [0.1, 0.15) is 0 Å². The van der Waals surface area contributed by atoms with Gasteiger partial charge in [-0.15, -0.1) is 0 Å². The van der Waals surface area contributed by atoms with Gasteiger partial charge in [0, 0.05) is 42.6 Å². The van der Waals surface area contributed by atoms with E-state index in [1.807, 2.05) is 18.2 Å². The molecule has 0 bridgehead atoms. The van der Waals surface area contributed by atoms with E-state index >= 15 is 0 Å². The summed E-state index contributed by atoms with van der Waals surface area (Å²) in [6.45, 7) is 1.13. The first-order chi connectivity index (χ1) is 13.6. The van der Waals surface area contributed by atoms with Crippen LogP contribution in [0.2, 0.25) is 0 Å². The zero-order valence-corrected chi connectivity index (χ0v) is 16.5. The first-order valence-corrected chi connectivity index (χ1v) is 9.20. The lowest BCUT2D eigenvalue weighted by molar-refractivity contribution is 0.0778. The number of pyridine rings is 1. The Kier molecular flexibility index (Phi) is 6.04. The number of hydrogen-bond donors (Lipinski definition) is 1. The molecule has 0 saturated carbocycles. The minimum absolute atomic E-state index is 0.0444. The van der Waals surface area contributed by atoms with Gasteiger partial charge in [-0.3, -0.25) is 9.78 Å². The van der Waals surface area contributed by atoms with Crippen LogP contribution in [0.1, 0.15) is 28.9 Å². The number of rotatable bonds is 7. The molecule has 7 heteroatoms. The Bertz CT molecular complexity index is 802. The van der Waals surface area contributed by atoms with Crippen LogP contribution in [0, 0.1) is 0 Å². The van der Waals surface area contributed by atoms with Crippen molar-refractivity contribution in [3.63, 3.8) is 0 Å². The first kappa shape index (κ1) is 19.9. The van der Waals surface area contributed by atoms with E-state index < -0.39 is 0 Å². The Labute approximate surface area is 164 Å². The van der Waals surface area contributed by atoms with E-state index in [0.717, 1.165) is 12.1 Å². The fourth-order valence-electron chi connectivity index (χ4n) is 3.86. The first-order valence-electron chi connectivity index (χ1n) is 9.20. The molecule has 1 fully saturated rings. The maximum Gasteiger partial charge on any atom is 0.254 e. The van der Waals surface area contributed by atoms with Gasteiger partial charge in [0.2, 0.25) is 5.75 Å². The summed E-state index contributed by atoms with van der Waals surface area (Å²) in [6, 6.07) is 9.09. The van der Waals surface area contributed by atoms with Crippen LogP contribution in [0.15, 0.2) is 36.5 Å². The standard InChI is InChI=1S/C21H26N2O5/c1-26-16-12-15(13-17(27-2)19(16)28-3)20(25)23-10-7-21(14-23,8-11-24)18-6-4-5-9-22-18/h4-6,9,12-13,24H,7-8,10-11,14H2,1-3H3. The average molecular weight is 386 g/mol. The molecule has 1 unspecified atom stereocenters. The van der Waals surface area contributed by atoms with E-state index in [-0.39, 0.29) is 17.9 Å². The number of aromatic nitrogens is 1. The second kappa shape index (κ2) is 8.48. The summed E-state index contributed by atoms with van der Waals surface area (Å²) in [7, 11) is 4.57. The van der Waals surface area contributed by atoms with Crippen molar-refractivity contribution in [3.8, 4) is 17.2 Å². The van der Waals surface area contributed by atoms with Gasteiger partial charge in [-0.1, -0.05) is 6.07 Å². The molecular weight excluding hydrogens is 360 g/mol. The van der Waals surface area contributed by atoms with Crippen molar-refractivity contribution in [3.05, 3.63) is 47.8 Å². The van der Waals surface area contributed by atoms with Gasteiger partial charge in [-0.05, 0) is 37.1 Å². The van der Waals surface area contributed by atoms with E-state index in [2.05, 4.69) is 4.98 Å². The molecule has 1 aliphatic rings. The van der Waals surface area contributed by atoms with Crippen molar-refractivity contribution in [1.29, 1.82) is 0 Å². The zero-order valence-electron chi connectivity index (χ0n) is 16.5. The Morgan fingerprint density at radius 3 is 2.43 bits per heavy atom. The highest BCUT2D eigenvalue weighted by Gasteiger charge is 2.42. The third-order valence-corrected chi connectivity index (χ3v) is 5.35. The lowest BCUT2D eigenvalue weighted by atomic mass is 9.80. The molecule has 0 spiro atoms. The second-order valence-corrected chi connectivity index (χ2v) is 6.86. The van der Waals surface area contributed by atoms with Crippen LogP contribution in [0.4, 0.5) is 0 Å². The summed E-state index contributed by atoms with van der Waals surface area (Å²) in [5, 5.41) is 9.61. The maximum atomic E-state index is 13.2. The number of hydrogen-bond acceptors (Lipinski definition) is 6. The van der Waals surface area contributed by atoms with Crippen molar-refractivity contribution in [2.45, 2.75) is 18.3 Å². The zero-order chi connectivity index (χ0) is 20.1. The quantitative estimate of drug-likeness (QED) is 0.786. The molecule has 1 aliphatic heterocycles. The Morgan fingerprint density at radius 2 is 1.89 bits per heavy atom. The number of benzene rings is 1. The molecule has 2 heterocycles. The molecule has 0 aliphatic carbocycles. The number of nitrogens with zero attached hydrogens (tertiary/aromatic N) is 2. The molecular formula is C21H26N2O5. The molecule has 1 aromatic carbocycles. The average Bonchev–Trinajstić information content (AvgIpc) is 3.18. The SMILES string of the molecule is COc1cc(C(=O)N2CCC(CCO)(c3ccccn3)C2)cc(OC)c1OC. The number of methoxy groups -OCH3 is 3. The lowest BCUT2D eigenvalue weighted by Gasteiger charge is -2.28. The van der Waals surface area contributed by atoms with Gasteiger partial charge >= 0.3 is 0 Å². The number of ether oxygens (including phenoxy) is 3. The highest BCUT2D eigenvalue weighted by atomic mass is 16.5. The van der Waals surface area contributed by atoms with Gasteiger partial charge in [0.15, 0.2) is 11.5 Å². The molecule has 28 heavy (non-hydrogen) atoms. The number of amides is 1. The number of carbonyl (C=O) groups is 1. The molecule has 0 radical (unpaired) electrons. The van der Waals surface area contributed by atoms with Crippen LogP contribution in [0.5, 0.6) is 17.2 Å². The summed E-state index contributed by atoms with van der Waals surface area (Å²) in [5.74, 6) is 1.22. The van der Waals surface area contributed by atoms with E-state index in [0.29, 0.717) is 42.3 Å². The number of aliphatic hydroxyl groups excluding tert-OH is 1. The molecule has 2 aromatic rings. The lowest BCUT2D eigenvalue weighted by Crippen LogP contribution is -2.35. The molecule has 7 nitrogen and oxygen atoms in total. The molecule has 1 aromatic heterocycles. The highest BCUT2D eigenvalue weighted by molar-refractivity contribution is 5.96. The fraction of sp³-hybridized carbons (Fsp3) is 0.429. The van der Waals surface area contributed by atoms with Gasteiger partial charge in [0.05, 0.1) is 21.3 Å². The van der Waals surface area contributed by atoms with Gasteiger partial charge in [-0.25, -0.2) is 0 Å². The number of aliphatic hydroxyl groups is 1. The van der Waals surface area contributed by atoms with E-state index in [1.54, 1.807) is 23.2 Å². The van der Waals surface area contributed by atoms with E-state index in [4.69, 9.17) is 14.2 Å². The molecule has 3 rings (SSSR count). The summed E-state index contributed by atoms with van der Waals surface area (Å²) in [5.41, 5.74) is 1.03. The van der Waals surface area contributed by atoms with Crippen LogP contribution in [0.3, 0.4) is 0 Å². The Hall–Kier alpha value is -2.80. The summed E-state index contributed by atoms with van der Waals surface area (Å²) in [6.07, 6.45) is 3.06. The topological polar surface area (TPSA) is 81.1 Å². The summed E-state index contributed by atoms with van der Waals surface area (Å²) >= 11 is 0. The van der Waals surface area contributed by atoms with Crippen LogP contribution < -0.4 is 14.2 Å². The number of likely N-dealkylation sites (tertiary alicyclic amines) is 1. The maximum absolute atomic E-state index is 13.2. The highest BCUT2D eigenvalue weighted by Crippen LogP contribution is 2.40. The van der Waals surface area contributed by atoms with Crippen LogP contribution >= 0.6 is 0 Å². The predicted molar refractivity (Wildman–Crippen MR) is 104 cm³/mol. The predicted octanol–water partition coefficient (Wildman–Crippen LogP) is 2.27. The van der Waals surface area contributed by atoms with Crippen molar-refractivity contribution in [2.24, 2.45) is 0 Å². The Morgan fingerprint density at radius 1 is 1.18 bits per heavy atom. The largest absolute Gasteiger partial charge is 0.493 e. The van der Waals surface area contributed by atoms with Crippen LogP contribution in [0.25, 0.3) is 0 Å². The second-order valence-electron chi connectivity index (χ2n) is 6.86. The smallest absolute Gasteiger partial charge is 0.254 e. The molecule has 1 saturated heterocycles. The minimum Gasteiger partial charge on any atom is -0.493 e. The number of carbonyl (C=O) groups excluding carboxylic acids is 1. The minimum atomic E-state index is -0.341. The van der Waals surface area contributed by atoms with Gasteiger partial charge < -0.3 is 24.2 Å². The summed E-state index contributed by atoms with van der Waals surface area (Å²) in [4.78, 5) is 19.5. The van der Waals surface area contributed by atoms with Gasteiger partial charge in [-0.2, -0.15) is 0 Å². The monoisotopic (exact) mass is 386 g/mol. The molecule has 1 amide bonds. The Balaban J connectivity index is 1.90.